The first-order chi connectivity index (χ1) is 6.31. The minimum Gasteiger partial charge on any atom is -0.459 e. The second kappa shape index (κ2) is 4.48. The standard InChI is InChI=1S/C9H12N2O2.ClH/c1-10-7-5-11(6-7)9(12)8-3-2-4-13-8;/h2-4,7,10H,5-6H2,1H3;1H. The summed E-state index contributed by atoms with van der Waals surface area (Å²) in [4.78, 5) is 13.3. The number of amides is 1. The van der Waals surface area contributed by atoms with Crippen LogP contribution in [-0.4, -0.2) is 37.0 Å². The number of nitrogens with zero attached hydrogens (tertiary/aromatic N) is 1. The van der Waals surface area contributed by atoms with E-state index < -0.39 is 0 Å². The minimum atomic E-state index is -0.0171. The predicted octanol–water partition coefficient (Wildman–Crippen LogP) is 0.745. The molecule has 0 aromatic carbocycles. The number of likely N-dealkylation sites (N-methyl/N-ethyl adjacent to an activating group) is 1. The Kier molecular flexibility index (Phi) is 3.55. The highest BCUT2D eigenvalue weighted by atomic mass is 35.5. The summed E-state index contributed by atoms with van der Waals surface area (Å²) in [6, 6.07) is 3.86. The number of hydrogen-bond donors (Lipinski definition) is 1. The molecule has 0 aliphatic carbocycles. The zero-order chi connectivity index (χ0) is 9.26. The van der Waals surface area contributed by atoms with E-state index in [2.05, 4.69) is 5.32 Å². The van der Waals surface area contributed by atoms with Crippen LogP contribution in [0.1, 0.15) is 10.6 Å². The van der Waals surface area contributed by atoms with Gasteiger partial charge < -0.3 is 14.6 Å². The first kappa shape index (κ1) is 11.1. The van der Waals surface area contributed by atoms with Gasteiger partial charge in [0.2, 0.25) is 0 Å². The van der Waals surface area contributed by atoms with E-state index in [9.17, 15) is 4.79 Å². The monoisotopic (exact) mass is 216 g/mol. The van der Waals surface area contributed by atoms with Crippen molar-refractivity contribution >= 4 is 18.3 Å². The Morgan fingerprint density at radius 2 is 2.36 bits per heavy atom. The molecular weight excluding hydrogens is 204 g/mol. The lowest BCUT2D eigenvalue weighted by molar-refractivity contribution is 0.0544. The fourth-order valence-electron chi connectivity index (χ4n) is 1.38. The van der Waals surface area contributed by atoms with E-state index >= 15 is 0 Å². The van der Waals surface area contributed by atoms with Gasteiger partial charge in [-0.05, 0) is 19.2 Å². The molecule has 78 valence electrons. The molecule has 14 heavy (non-hydrogen) atoms. The van der Waals surface area contributed by atoms with Crippen LogP contribution in [0.5, 0.6) is 0 Å². The van der Waals surface area contributed by atoms with Crippen LogP contribution in [0.15, 0.2) is 22.8 Å². The Labute approximate surface area is 88.7 Å². The van der Waals surface area contributed by atoms with Crippen LogP contribution in [0.25, 0.3) is 0 Å². The van der Waals surface area contributed by atoms with Crippen molar-refractivity contribution < 1.29 is 9.21 Å². The first-order valence-corrected chi connectivity index (χ1v) is 4.31. The number of rotatable bonds is 2. The van der Waals surface area contributed by atoms with Gasteiger partial charge in [0.25, 0.3) is 5.91 Å². The van der Waals surface area contributed by atoms with E-state index in [0.29, 0.717) is 11.8 Å². The molecule has 1 N–H and O–H groups in total. The van der Waals surface area contributed by atoms with Gasteiger partial charge in [0, 0.05) is 19.1 Å². The zero-order valence-electron chi connectivity index (χ0n) is 7.90. The second-order valence-electron chi connectivity index (χ2n) is 3.17. The van der Waals surface area contributed by atoms with Gasteiger partial charge in [-0.3, -0.25) is 4.79 Å². The van der Waals surface area contributed by atoms with Crippen LogP contribution in [0.4, 0.5) is 0 Å². The van der Waals surface area contributed by atoms with Gasteiger partial charge in [-0.1, -0.05) is 0 Å². The zero-order valence-corrected chi connectivity index (χ0v) is 8.71. The third-order valence-electron chi connectivity index (χ3n) is 2.31. The van der Waals surface area contributed by atoms with Crippen molar-refractivity contribution in [3.63, 3.8) is 0 Å². The molecule has 1 fully saturated rings. The van der Waals surface area contributed by atoms with Crippen molar-refractivity contribution in [2.75, 3.05) is 20.1 Å². The van der Waals surface area contributed by atoms with Gasteiger partial charge >= 0.3 is 0 Å². The van der Waals surface area contributed by atoms with Crippen molar-refractivity contribution in [3.05, 3.63) is 24.2 Å². The maximum Gasteiger partial charge on any atom is 0.289 e. The quantitative estimate of drug-likeness (QED) is 0.794. The molecule has 4 nitrogen and oxygen atoms in total. The maximum atomic E-state index is 11.6. The largest absolute Gasteiger partial charge is 0.459 e. The van der Waals surface area contributed by atoms with Gasteiger partial charge in [0.05, 0.1) is 6.26 Å². The Bertz CT molecular complexity index is 294. The Hall–Kier alpha value is -1.00. The highest BCUT2D eigenvalue weighted by Crippen LogP contribution is 2.12. The van der Waals surface area contributed by atoms with Crippen molar-refractivity contribution in [1.82, 2.24) is 10.2 Å². The molecule has 5 heteroatoms. The van der Waals surface area contributed by atoms with Crippen LogP contribution >= 0.6 is 12.4 Å². The third kappa shape index (κ3) is 1.91. The highest BCUT2D eigenvalue weighted by Gasteiger charge is 2.30. The van der Waals surface area contributed by atoms with Crippen LogP contribution < -0.4 is 5.32 Å². The van der Waals surface area contributed by atoms with Gasteiger partial charge in [-0.25, -0.2) is 0 Å². The molecule has 0 bridgehead atoms. The van der Waals surface area contributed by atoms with E-state index in [-0.39, 0.29) is 18.3 Å². The summed E-state index contributed by atoms with van der Waals surface area (Å²) in [6.07, 6.45) is 1.52. The minimum absolute atomic E-state index is 0. The number of carbonyl (C=O) groups is 1. The number of likely N-dealkylation sites (tertiary alicyclic amines) is 1. The summed E-state index contributed by atoms with van der Waals surface area (Å²) in [5.74, 6) is 0.408. The molecule has 0 unspecified atom stereocenters. The highest BCUT2D eigenvalue weighted by molar-refractivity contribution is 5.92. The lowest BCUT2D eigenvalue weighted by Gasteiger charge is -2.38. The molecular formula is C9H13ClN2O2. The summed E-state index contributed by atoms with van der Waals surface area (Å²) < 4.78 is 5.01. The molecule has 0 radical (unpaired) electrons. The molecule has 0 saturated carbocycles. The van der Waals surface area contributed by atoms with Crippen molar-refractivity contribution in [2.45, 2.75) is 6.04 Å². The van der Waals surface area contributed by atoms with Gasteiger partial charge in [-0.2, -0.15) is 0 Å². The topological polar surface area (TPSA) is 45.5 Å². The first-order valence-electron chi connectivity index (χ1n) is 4.31. The van der Waals surface area contributed by atoms with Gasteiger partial charge in [-0.15, -0.1) is 12.4 Å². The number of furan rings is 1. The van der Waals surface area contributed by atoms with E-state index in [1.165, 1.54) is 6.26 Å². The summed E-state index contributed by atoms with van der Waals surface area (Å²) in [5.41, 5.74) is 0. The van der Waals surface area contributed by atoms with Gasteiger partial charge in [0.1, 0.15) is 0 Å². The molecule has 2 heterocycles. The molecule has 1 aliphatic heterocycles. The number of carbonyl (C=O) groups excluding carboxylic acids is 1. The molecule has 1 aliphatic rings. The maximum absolute atomic E-state index is 11.6. The average molecular weight is 217 g/mol. The smallest absolute Gasteiger partial charge is 0.289 e. The average Bonchev–Trinajstić information content (AvgIpc) is 2.53. The molecule has 1 aromatic rings. The Balaban J connectivity index is 0.000000980. The Morgan fingerprint density at radius 3 is 2.86 bits per heavy atom. The van der Waals surface area contributed by atoms with E-state index in [1.54, 1.807) is 17.0 Å². The number of hydrogen-bond acceptors (Lipinski definition) is 3. The van der Waals surface area contributed by atoms with Gasteiger partial charge in [0.15, 0.2) is 5.76 Å². The van der Waals surface area contributed by atoms with Crippen LogP contribution in [0.2, 0.25) is 0 Å². The van der Waals surface area contributed by atoms with E-state index in [0.717, 1.165) is 13.1 Å². The molecule has 0 atom stereocenters. The third-order valence-corrected chi connectivity index (χ3v) is 2.31. The lowest BCUT2D eigenvalue weighted by Crippen LogP contribution is -2.58. The fraction of sp³-hybridized carbons (Fsp3) is 0.444. The van der Waals surface area contributed by atoms with Crippen molar-refractivity contribution in [3.8, 4) is 0 Å². The second-order valence-corrected chi connectivity index (χ2v) is 3.17. The summed E-state index contributed by atoms with van der Waals surface area (Å²) in [7, 11) is 1.90. The SMILES string of the molecule is CNC1CN(C(=O)c2ccco2)C1.Cl. The Morgan fingerprint density at radius 1 is 1.64 bits per heavy atom. The van der Waals surface area contributed by atoms with Crippen LogP contribution in [0, 0.1) is 0 Å². The van der Waals surface area contributed by atoms with E-state index in [1.807, 2.05) is 7.05 Å². The predicted molar refractivity (Wildman–Crippen MR) is 54.7 cm³/mol. The number of nitrogens with one attached hydrogen (secondary N) is 1. The summed E-state index contributed by atoms with van der Waals surface area (Å²) >= 11 is 0. The summed E-state index contributed by atoms with van der Waals surface area (Å²) in [5, 5.41) is 3.11. The lowest BCUT2D eigenvalue weighted by atomic mass is 10.1. The summed E-state index contributed by atoms with van der Waals surface area (Å²) in [6.45, 7) is 1.55. The fourth-order valence-corrected chi connectivity index (χ4v) is 1.38. The van der Waals surface area contributed by atoms with Crippen LogP contribution in [-0.2, 0) is 0 Å². The molecule has 1 aromatic heterocycles. The van der Waals surface area contributed by atoms with Crippen molar-refractivity contribution in [1.29, 1.82) is 0 Å². The molecule has 1 saturated heterocycles. The van der Waals surface area contributed by atoms with E-state index in [4.69, 9.17) is 4.42 Å². The van der Waals surface area contributed by atoms with Crippen LogP contribution in [0.3, 0.4) is 0 Å². The number of halogens is 1. The molecule has 0 spiro atoms. The molecule has 1 amide bonds. The normalized spacial score (nSPS) is 15.9. The van der Waals surface area contributed by atoms with Crippen molar-refractivity contribution in [2.24, 2.45) is 0 Å². The molecule has 2 rings (SSSR count).